The van der Waals surface area contributed by atoms with Gasteiger partial charge < -0.3 is 5.32 Å². The molecule has 1 saturated heterocycles. The number of benzene rings is 1. The predicted octanol–water partition coefficient (Wildman–Crippen LogP) is 4.32. The molecule has 1 aromatic heterocycles. The van der Waals surface area contributed by atoms with E-state index in [4.69, 9.17) is 0 Å². The normalized spacial score (nSPS) is 14.9. The highest BCUT2D eigenvalue weighted by atomic mass is 32.1. The monoisotopic (exact) mass is 384 g/mol. The van der Waals surface area contributed by atoms with Crippen molar-refractivity contribution in [1.82, 2.24) is 10.2 Å². The zero-order chi connectivity index (χ0) is 19.1. The molecular weight excluding hydrogens is 356 g/mol. The summed E-state index contributed by atoms with van der Waals surface area (Å²) in [7, 11) is 0. The van der Waals surface area contributed by atoms with Crippen LogP contribution in [-0.4, -0.2) is 29.7 Å². The van der Waals surface area contributed by atoms with Crippen LogP contribution in [0, 0.1) is 6.92 Å². The molecule has 144 valence electrons. The third kappa shape index (κ3) is 6.29. The van der Waals surface area contributed by atoms with Gasteiger partial charge in [0.1, 0.15) is 0 Å². The van der Waals surface area contributed by atoms with Crippen LogP contribution in [0.4, 0.5) is 0 Å². The number of carbonyl (C=O) groups is 2. The van der Waals surface area contributed by atoms with Gasteiger partial charge in [-0.15, -0.1) is 11.3 Å². The predicted molar refractivity (Wildman–Crippen MR) is 110 cm³/mol. The van der Waals surface area contributed by atoms with Crippen molar-refractivity contribution in [2.45, 2.75) is 52.1 Å². The van der Waals surface area contributed by atoms with Gasteiger partial charge >= 0.3 is 0 Å². The molecule has 1 aliphatic rings. The van der Waals surface area contributed by atoms with E-state index in [2.05, 4.69) is 34.5 Å². The van der Waals surface area contributed by atoms with Gasteiger partial charge in [-0.05, 0) is 56.1 Å². The van der Waals surface area contributed by atoms with Crippen LogP contribution >= 0.6 is 11.3 Å². The van der Waals surface area contributed by atoms with Crippen molar-refractivity contribution in [1.29, 1.82) is 0 Å². The average Bonchev–Trinajstić information content (AvgIpc) is 3.13. The van der Waals surface area contributed by atoms with Crippen molar-refractivity contribution >= 4 is 23.0 Å². The maximum absolute atomic E-state index is 12.1. The number of nitrogens with zero attached hydrogens (tertiary/aromatic N) is 1. The number of piperidine rings is 1. The second-order valence-corrected chi connectivity index (χ2v) is 8.55. The first-order valence-electron chi connectivity index (χ1n) is 9.76. The maximum atomic E-state index is 12.1. The summed E-state index contributed by atoms with van der Waals surface area (Å²) in [6.07, 6.45) is 4.47. The Morgan fingerprint density at radius 3 is 2.33 bits per heavy atom. The van der Waals surface area contributed by atoms with Gasteiger partial charge in [-0.3, -0.25) is 14.5 Å². The van der Waals surface area contributed by atoms with Crippen molar-refractivity contribution in [2.75, 3.05) is 13.1 Å². The highest BCUT2D eigenvalue weighted by Gasteiger charge is 2.12. The average molecular weight is 385 g/mol. The van der Waals surface area contributed by atoms with Crippen LogP contribution in [0.3, 0.4) is 0 Å². The second-order valence-electron chi connectivity index (χ2n) is 7.26. The second kappa shape index (κ2) is 9.81. The molecule has 1 aromatic carbocycles. The molecule has 1 aliphatic heterocycles. The lowest BCUT2D eigenvalue weighted by Crippen LogP contribution is -2.29. The Labute approximate surface area is 165 Å². The van der Waals surface area contributed by atoms with E-state index in [1.54, 1.807) is 0 Å². The Balaban J connectivity index is 1.38. The Hall–Kier alpha value is -1.98. The standard InChI is InChI=1S/C22H28N2O2S/c1-17-5-11-21(27-17)20(25)10-12-22(26)23-15-18-6-8-19(9-7-18)16-24-13-3-2-4-14-24/h5-9,11H,2-4,10,12-16H2,1H3,(H,23,26). The van der Waals surface area contributed by atoms with Crippen molar-refractivity contribution in [2.24, 2.45) is 0 Å². The van der Waals surface area contributed by atoms with Gasteiger partial charge in [0, 0.05) is 30.8 Å². The van der Waals surface area contributed by atoms with Crippen LogP contribution in [0.25, 0.3) is 0 Å². The van der Waals surface area contributed by atoms with Crippen LogP contribution < -0.4 is 5.32 Å². The van der Waals surface area contributed by atoms with Gasteiger partial charge in [-0.25, -0.2) is 0 Å². The molecule has 1 fully saturated rings. The van der Waals surface area contributed by atoms with Crippen molar-refractivity contribution < 1.29 is 9.59 Å². The number of carbonyl (C=O) groups excluding carboxylic acids is 2. The number of rotatable bonds is 8. The zero-order valence-corrected chi connectivity index (χ0v) is 16.8. The summed E-state index contributed by atoms with van der Waals surface area (Å²) in [5.74, 6) is -0.0284. The van der Waals surface area contributed by atoms with Gasteiger partial charge in [-0.2, -0.15) is 0 Å². The van der Waals surface area contributed by atoms with Gasteiger partial charge in [0.05, 0.1) is 4.88 Å². The molecule has 0 unspecified atom stereocenters. The molecule has 0 aliphatic carbocycles. The molecule has 27 heavy (non-hydrogen) atoms. The molecule has 4 nitrogen and oxygen atoms in total. The molecule has 3 rings (SSSR count). The summed E-state index contributed by atoms with van der Waals surface area (Å²) in [6, 6.07) is 12.2. The Kier molecular flexibility index (Phi) is 7.18. The molecule has 0 atom stereocenters. The molecule has 2 aromatic rings. The fourth-order valence-electron chi connectivity index (χ4n) is 3.36. The minimum atomic E-state index is -0.0750. The number of ketones is 1. The van der Waals surface area contributed by atoms with E-state index in [-0.39, 0.29) is 24.5 Å². The molecule has 0 spiro atoms. The molecule has 2 heterocycles. The number of aryl methyl sites for hydroxylation is 1. The molecule has 1 N–H and O–H groups in total. The van der Waals surface area contributed by atoms with E-state index in [9.17, 15) is 9.59 Å². The number of hydrogen-bond acceptors (Lipinski definition) is 4. The zero-order valence-electron chi connectivity index (χ0n) is 16.0. The highest BCUT2D eigenvalue weighted by molar-refractivity contribution is 7.14. The first kappa shape index (κ1) is 19.8. The largest absolute Gasteiger partial charge is 0.352 e. The number of hydrogen-bond donors (Lipinski definition) is 1. The van der Waals surface area contributed by atoms with E-state index in [1.807, 2.05) is 19.1 Å². The Bertz CT molecular complexity index is 761. The molecule has 0 saturated carbocycles. The Morgan fingerprint density at radius 2 is 1.67 bits per heavy atom. The summed E-state index contributed by atoms with van der Waals surface area (Å²) in [5, 5.41) is 2.91. The SMILES string of the molecule is Cc1ccc(C(=O)CCC(=O)NCc2ccc(CN3CCCCC3)cc2)s1. The van der Waals surface area contributed by atoms with Crippen molar-refractivity contribution in [3.05, 3.63) is 57.3 Å². The minimum absolute atomic E-state index is 0.0466. The number of nitrogens with one attached hydrogen (secondary N) is 1. The van der Waals surface area contributed by atoms with Crippen molar-refractivity contribution in [3.8, 4) is 0 Å². The van der Waals surface area contributed by atoms with Crippen LogP contribution in [0.5, 0.6) is 0 Å². The number of Topliss-reactive ketones (excluding diaryl/α,β-unsaturated/α-hetero) is 1. The molecule has 5 heteroatoms. The van der Waals surface area contributed by atoms with Crippen LogP contribution in [0.2, 0.25) is 0 Å². The smallest absolute Gasteiger partial charge is 0.220 e. The third-order valence-corrected chi connectivity index (χ3v) is 6.00. The van der Waals surface area contributed by atoms with Gasteiger partial charge in [0.25, 0.3) is 0 Å². The molecule has 1 amide bonds. The number of thiophene rings is 1. The lowest BCUT2D eigenvalue weighted by molar-refractivity contribution is -0.121. The summed E-state index contributed by atoms with van der Waals surface area (Å²) < 4.78 is 0. The van der Waals surface area contributed by atoms with E-state index in [1.165, 1.54) is 49.3 Å². The minimum Gasteiger partial charge on any atom is -0.352 e. The van der Waals surface area contributed by atoms with Crippen LogP contribution in [-0.2, 0) is 17.9 Å². The highest BCUT2D eigenvalue weighted by Crippen LogP contribution is 2.17. The third-order valence-electron chi connectivity index (χ3n) is 4.96. The number of likely N-dealkylation sites (tertiary alicyclic amines) is 1. The quantitative estimate of drug-likeness (QED) is 0.690. The first-order valence-corrected chi connectivity index (χ1v) is 10.6. The summed E-state index contributed by atoms with van der Waals surface area (Å²) in [6.45, 7) is 5.89. The topological polar surface area (TPSA) is 49.4 Å². The molecule has 0 bridgehead atoms. The summed E-state index contributed by atoms with van der Waals surface area (Å²) in [5.41, 5.74) is 2.41. The van der Waals surface area contributed by atoms with Gasteiger partial charge in [0.2, 0.25) is 5.91 Å². The van der Waals surface area contributed by atoms with Crippen LogP contribution in [0.15, 0.2) is 36.4 Å². The molecular formula is C22H28N2O2S. The first-order chi connectivity index (χ1) is 13.1. The maximum Gasteiger partial charge on any atom is 0.220 e. The fourth-order valence-corrected chi connectivity index (χ4v) is 4.20. The van der Waals surface area contributed by atoms with Crippen LogP contribution in [0.1, 0.15) is 57.8 Å². The van der Waals surface area contributed by atoms with Gasteiger partial charge in [0.15, 0.2) is 5.78 Å². The Morgan fingerprint density at radius 1 is 0.963 bits per heavy atom. The van der Waals surface area contributed by atoms with Gasteiger partial charge in [-0.1, -0.05) is 30.7 Å². The van der Waals surface area contributed by atoms with Crippen molar-refractivity contribution in [3.63, 3.8) is 0 Å². The molecule has 0 radical (unpaired) electrons. The van der Waals surface area contributed by atoms with E-state index < -0.39 is 0 Å². The lowest BCUT2D eigenvalue weighted by Gasteiger charge is -2.26. The summed E-state index contributed by atoms with van der Waals surface area (Å²) in [4.78, 5) is 28.4. The number of amides is 1. The van der Waals surface area contributed by atoms with E-state index in [0.717, 1.165) is 21.9 Å². The van der Waals surface area contributed by atoms with E-state index >= 15 is 0 Å². The van der Waals surface area contributed by atoms with E-state index in [0.29, 0.717) is 6.54 Å². The fraction of sp³-hybridized carbons (Fsp3) is 0.455. The lowest BCUT2D eigenvalue weighted by atomic mass is 10.1. The summed E-state index contributed by atoms with van der Waals surface area (Å²) >= 11 is 1.49.